The fourth-order valence-electron chi connectivity index (χ4n) is 0.815. The van der Waals surface area contributed by atoms with Crippen LogP contribution < -0.4 is 5.73 Å². The maximum atomic E-state index is 5.69. The van der Waals surface area contributed by atoms with Gasteiger partial charge in [0.15, 0.2) is 5.13 Å². The largest absolute Gasteiger partial charge is 0.375 e. The summed E-state index contributed by atoms with van der Waals surface area (Å²) in [5.41, 5.74) is 6.23. The third-order valence-corrected chi connectivity index (χ3v) is 2.25. The standard InChI is InChI=1S/C6H4ClN3S/c7-3-1-4-5(9-2-3)11-6(8)10-4/h1-2H,(H2,8,10). The lowest BCUT2D eigenvalue weighted by Gasteiger charge is -1.85. The molecule has 11 heavy (non-hydrogen) atoms. The molecular weight excluding hydrogens is 182 g/mol. The summed E-state index contributed by atoms with van der Waals surface area (Å²) in [6, 6.07) is 1.75. The second kappa shape index (κ2) is 2.32. The van der Waals surface area contributed by atoms with E-state index in [2.05, 4.69) is 9.97 Å². The smallest absolute Gasteiger partial charge is 0.182 e. The van der Waals surface area contributed by atoms with Crippen molar-refractivity contribution in [1.29, 1.82) is 0 Å². The quantitative estimate of drug-likeness (QED) is 0.683. The lowest BCUT2D eigenvalue weighted by Crippen LogP contribution is -1.79. The zero-order valence-corrected chi connectivity index (χ0v) is 6.99. The molecule has 2 aromatic rings. The lowest BCUT2D eigenvalue weighted by molar-refractivity contribution is 1.41. The highest BCUT2D eigenvalue weighted by atomic mass is 35.5. The number of hydrogen-bond donors (Lipinski definition) is 1. The van der Waals surface area contributed by atoms with Gasteiger partial charge in [0.2, 0.25) is 0 Å². The fraction of sp³-hybridized carbons (Fsp3) is 0. The van der Waals surface area contributed by atoms with Crippen LogP contribution in [0.5, 0.6) is 0 Å². The number of halogens is 1. The topological polar surface area (TPSA) is 51.8 Å². The molecule has 0 aromatic carbocycles. The van der Waals surface area contributed by atoms with Crippen LogP contribution in [0.3, 0.4) is 0 Å². The van der Waals surface area contributed by atoms with Crippen molar-refractivity contribution >= 4 is 38.4 Å². The number of nitrogens with two attached hydrogens (primary N) is 1. The molecule has 0 bridgehead atoms. The average Bonchev–Trinajstić information content (AvgIpc) is 2.27. The van der Waals surface area contributed by atoms with E-state index in [9.17, 15) is 0 Å². The van der Waals surface area contributed by atoms with Crippen LogP contribution in [-0.2, 0) is 0 Å². The fourth-order valence-corrected chi connectivity index (χ4v) is 1.62. The van der Waals surface area contributed by atoms with Crippen molar-refractivity contribution in [2.45, 2.75) is 0 Å². The van der Waals surface area contributed by atoms with Crippen LogP contribution in [0.25, 0.3) is 10.3 Å². The normalized spacial score (nSPS) is 10.6. The second-order valence-electron chi connectivity index (χ2n) is 2.03. The summed E-state index contributed by atoms with van der Waals surface area (Å²) in [5, 5.41) is 1.11. The Balaban J connectivity index is 2.82. The first-order chi connectivity index (χ1) is 5.25. The lowest BCUT2D eigenvalue weighted by atomic mass is 10.5. The summed E-state index contributed by atoms with van der Waals surface area (Å²) in [5.74, 6) is 0. The maximum Gasteiger partial charge on any atom is 0.182 e. The molecule has 0 unspecified atom stereocenters. The SMILES string of the molecule is Nc1nc2cc(Cl)cnc2s1. The summed E-state index contributed by atoms with van der Waals surface area (Å²) in [4.78, 5) is 8.89. The van der Waals surface area contributed by atoms with Crippen molar-refractivity contribution in [1.82, 2.24) is 9.97 Å². The molecule has 2 aromatic heterocycles. The van der Waals surface area contributed by atoms with E-state index in [0.29, 0.717) is 10.2 Å². The molecule has 0 aliphatic carbocycles. The monoisotopic (exact) mass is 185 g/mol. The summed E-state index contributed by atoms with van der Waals surface area (Å²) in [6.45, 7) is 0. The van der Waals surface area contributed by atoms with Gasteiger partial charge in [-0.15, -0.1) is 0 Å². The minimum atomic E-state index is 0.523. The molecule has 0 saturated carbocycles. The van der Waals surface area contributed by atoms with Crippen molar-refractivity contribution in [3.05, 3.63) is 17.3 Å². The van der Waals surface area contributed by atoms with Crippen LogP contribution in [0.1, 0.15) is 0 Å². The van der Waals surface area contributed by atoms with E-state index in [1.807, 2.05) is 0 Å². The third kappa shape index (κ3) is 1.15. The van der Waals surface area contributed by atoms with Crippen LogP contribution in [0, 0.1) is 0 Å². The van der Waals surface area contributed by atoms with E-state index in [-0.39, 0.29) is 0 Å². The molecule has 0 radical (unpaired) electrons. The van der Waals surface area contributed by atoms with Gasteiger partial charge in [-0.2, -0.15) is 0 Å². The molecule has 5 heteroatoms. The number of fused-ring (bicyclic) bond motifs is 1. The molecule has 56 valence electrons. The van der Waals surface area contributed by atoms with Crippen LogP contribution in [0.15, 0.2) is 12.3 Å². The maximum absolute atomic E-state index is 5.69. The van der Waals surface area contributed by atoms with Crippen LogP contribution in [0.4, 0.5) is 5.13 Å². The molecular formula is C6H4ClN3S. The van der Waals surface area contributed by atoms with Gasteiger partial charge in [0.05, 0.1) is 5.02 Å². The molecule has 0 spiro atoms. The van der Waals surface area contributed by atoms with E-state index >= 15 is 0 Å². The number of nitrogens with zero attached hydrogens (tertiary/aromatic N) is 2. The highest BCUT2D eigenvalue weighted by molar-refractivity contribution is 7.21. The molecule has 0 fully saturated rings. The predicted octanol–water partition coefficient (Wildman–Crippen LogP) is 1.93. The molecule has 2 heterocycles. The number of rotatable bonds is 0. The Kier molecular flexibility index (Phi) is 1.44. The van der Waals surface area contributed by atoms with Crippen LogP contribution in [-0.4, -0.2) is 9.97 Å². The van der Waals surface area contributed by atoms with Crippen molar-refractivity contribution in [2.75, 3.05) is 5.73 Å². The number of anilines is 1. The summed E-state index contributed by atoms with van der Waals surface area (Å²) >= 11 is 7.05. The molecule has 0 amide bonds. The Bertz CT molecular complexity index is 398. The molecule has 3 nitrogen and oxygen atoms in total. The first kappa shape index (κ1) is 6.82. The van der Waals surface area contributed by atoms with E-state index < -0.39 is 0 Å². The number of aromatic nitrogens is 2. The van der Waals surface area contributed by atoms with E-state index in [0.717, 1.165) is 10.3 Å². The predicted molar refractivity (Wildman–Crippen MR) is 46.8 cm³/mol. The van der Waals surface area contributed by atoms with E-state index in [1.165, 1.54) is 11.3 Å². The van der Waals surface area contributed by atoms with Crippen molar-refractivity contribution in [2.24, 2.45) is 0 Å². The molecule has 2 rings (SSSR count). The minimum absolute atomic E-state index is 0.523. The Morgan fingerprint density at radius 3 is 3.18 bits per heavy atom. The number of hydrogen-bond acceptors (Lipinski definition) is 4. The van der Waals surface area contributed by atoms with Gasteiger partial charge < -0.3 is 5.73 Å². The second-order valence-corrected chi connectivity index (χ2v) is 3.48. The Morgan fingerprint density at radius 1 is 1.55 bits per heavy atom. The molecule has 2 N–H and O–H groups in total. The first-order valence-corrected chi connectivity index (χ1v) is 4.13. The van der Waals surface area contributed by atoms with Crippen LogP contribution in [0.2, 0.25) is 5.02 Å². The van der Waals surface area contributed by atoms with Gasteiger partial charge in [-0.1, -0.05) is 22.9 Å². The molecule has 0 saturated heterocycles. The van der Waals surface area contributed by atoms with Gasteiger partial charge in [0.1, 0.15) is 10.3 Å². The minimum Gasteiger partial charge on any atom is -0.375 e. The van der Waals surface area contributed by atoms with Gasteiger partial charge in [-0.05, 0) is 6.07 Å². The van der Waals surface area contributed by atoms with Crippen LogP contribution >= 0.6 is 22.9 Å². The third-order valence-electron chi connectivity index (χ3n) is 1.23. The summed E-state index contributed by atoms with van der Waals surface area (Å²) in [6.07, 6.45) is 1.58. The summed E-state index contributed by atoms with van der Waals surface area (Å²) in [7, 11) is 0. The van der Waals surface area contributed by atoms with Gasteiger partial charge in [-0.25, -0.2) is 9.97 Å². The van der Waals surface area contributed by atoms with Crippen molar-refractivity contribution in [3.63, 3.8) is 0 Å². The number of pyridine rings is 1. The van der Waals surface area contributed by atoms with Crippen molar-refractivity contribution in [3.8, 4) is 0 Å². The van der Waals surface area contributed by atoms with Gasteiger partial charge in [0, 0.05) is 6.20 Å². The summed E-state index contributed by atoms with van der Waals surface area (Å²) < 4.78 is 0. The Labute approximate surface area is 71.8 Å². The zero-order chi connectivity index (χ0) is 7.84. The van der Waals surface area contributed by atoms with Crippen molar-refractivity contribution < 1.29 is 0 Å². The number of nitrogen functional groups attached to an aromatic ring is 1. The van der Waals surface area contributed by atoms with E-state index in [1.54, 1.807) is 12.3 Å². The zero-order valence-electron chi connectivity index (χ0n) is 5.41. The number of thiazole rings is 1. The van der Waals surface area contributed by atoms with Gasteiger partial charge in [0.25, 0.3) is 0 Å². The van der Waals surface area contributed by atoms with Gasteiger partial charge >= 0.3 is 0 Å². The molecule has 0 atom stereocenters. The molecule has 0 aliphatic rings. The highest BCUT2D eigenvalue weighted by Gasteiger charge is 2.01. The Hall–Kier alpha value is -0.870. The van der Waals surface area contributed by atoms with Gasteiger partial charge in [-0.3, -0.25) is 0 Å². The Morgan fingerprint density at radius 2 is 2.36 bits per heavy atom. The molecule has 0 aliphatic heterocycles. The van der Waals surface area contributed by atoms with E-state index in [4.69, 9.17) is 17.3 Å². The average molecular weight is 186 g/mol. The highest BCUT2D eigenvalue weighted by Crippen LogP contribution is 2.23. The first-order valence-electron chi connectivity index (χ1n) is 2.93.